The Bertz CT molecular complexity index is 694. The predicted octanol–water partition coefficient (Wildman–Crippen LogP) is -0.208. The predicted molar refractivity (Wildman–Crippen MR) is 60.5 cm³/mol. The highest BCUT2D eigenvalue weighted by Crippen LogP contribution is 2.15. The molecule has 2 aromatic carbocycles. The summed E-state index contributed by atoms with van der Waals surface area (Å²) in [6, 6.07) is 4.93. The van der Waals surface area contributed by atoms with Gasteiger partial charge in [-0.25, -0.2) is 0 Å². The summed E-state index contributed by atoms with van der Waals surface area (Å²) in [5.74, 6) is 0. The zero-order valence-corrected chi connectivity index (χ0v) is 8.89. The van der Waals surface area contributed by atoms with Crippen molar-refractivity contribution in [1.82, 2.24) is 0 Å². The molecule has 16 heavy (non-hydrogen) atoms. The molecule has 0 unspecified atom stereocenters. The molecule has 0 saturated heterocycles. The van der Waals surface area contributed by atoms with Crippen molar-refractivity contribution in [1.29, 1.82) is 0 Å². The monoisotopic (exact) mass is 218 g/mol. The summed E-state index contributed by atoms with van der Waals surface area (Å²) in [4.78, 5) is 25.1. The average molecular weight is 218 g/mol. The van der Waals surface area contributed by atoms with E-state index < -0.39 is 16.2 Å². The van der Waals surface area contributed by atoms with Crippen LogP contribution in [0.2, 0.25) is 0 Å². The van der Waals surface area contributed by atoms with Gasteiger partial charge in [0.1, 0.15) is 0 Å². The molecule has 0 spiro atoms. The van der Waals surface area contributed by atoms with Crippen LogP contribution in [-0.4, -0.2) is 19.3 Å². The van der Waals surface area contributed by atoms with Crippen molar-refractivity contribution in [2.75, 3.05) is 19.0 Å². The lowest BCUT2D eigenvalue weighted by Gasteiger charge is -2.11. The summed E-state index contributed by atoms with van der Waals surface area (Å²) in [5, 5.41) is 11.5. The molecule has 0 aromatic heterocycles. The van der Waals surface area contributed by atoms with Crippen LogP contribution in [-0.2, 0) is 0 Å². The van der Waals surface area contributed by atoms with Gasteiger partial charge in [0.05, 0.1) is 0 Å². The molecular formula is C11H10N2O3. The van der Waals surface area contributed by atoms with Crippen LogP contribution in [0.5, 0.6) is 0 Å². The van der Waals surface area contributed by atoms with Crippen molar-refractivity contribution < 1.29 is 5.21 Å². The van der Waals surface area contributed by atoms with Gasteiger partial charge in [0, 0.05) is 30.6 Å². The van der Waals surface area contributed by atoms with Crippen molar-refractivity contribution in [2.45, 2.75) is 0 Å². The van der Waals surface area contributed by atoms with Gasteiger partial charge in [0.2, 0.25) is 10.9 Å². The standard InChI is InChI=1S/C11H10N2O3/c1-13(2)6-3-4-7-8(5-6)11(15)9(12-16)10(7)14/h3-5,16H,1-2H3/b12-9-. The molecule has 0 aliphatic rings. The van der Waals surface area contributed by atoms with E-state index >= 15 is 0 Å². The van der Waals surface area contributed by atoms with Crippen molar-refractivity contribution >= 4 is 16.5 Å². The first-order valence-electron chi connectivity index (χ1n) is 4.69. The Morgan fingerprint density at radius 1 is 1.12 bits per heavy atom. The minimum atomic E-state index is -0.522. The Balaban J connectivity index is 2.97. The van der Waals surface area contributed by atoms with E-state index in [2.05, 4.69) is 5.16 Å². The van der Waals surface area contributed by atoms with Gasteiger partial charge >= 0.3 is 0 Å². The molecule has 0 aliphatic heterocycles. The minimum absolute atomic E-state index is 0.295. The highest BCUT2D eigenvalue weighted by atomic mass is 16.4. The van der Waals surface area contributed by atoms with Gasteiger partial charge in [-0.2, -0.15) is 0 Å². The Kier molecular flexibility index (Phi) is 2.23. The molecule has 1 N–H and O–H groups in total. The van der Waals surface area contributed by atoms with Crippen LogP contribution in [0.3, 0.4) is 0 Å². The maximum atomic E-state index is 11.7. The molecule has 0 amide bonds. The van der Waals surface area contributed by atoms with Crippen molar-refractivity contribution in [3.63, 3.8) is 0 Å². The third kappa shape index (κ3) is 1.29. The zero-order valence-electron chi connectivity index (χ0n) is 8.89. The number of anilines is 1. The van der Waals surface area contributed by atoms with Crippen molar-refractivity contribution in [2.24, 2.45) is 5.16 Å². The topological polar surface area (TPSA) is 70.0 Å². The molecule has 2 aromatic rings. The largest absolute Gasteiger partial charge is 0.410 e. The Labute approximate surface area is 90.6 Å². The van der Waals surface area contributed by atoms with Gasteiger partial charge in [0.25, 0.3) is 0 Å². The molecule has 5 nitrogen and oxygen atoms in total. The number of hydrogen-bond acceptors (Lipinski definition) is 5. The third-order valence-corrected chi connectivity index (χ3v) is 2.54. The van der Waals surface area contributed by atoms with Crippen LogP contribution in [0, 0.1) is 0 Å². The Morgan fingerprint density at radius 3 is 2.31 bits per heavy atom. The number of rotatable bonds is 1. The second-order valence-electron chi connectivity index (χ2n) is 3.73. The third-order valence-electron chi connectivity index (χ3n) is 2.54. The fraction of sp³-hybridized carbons (Fsp3) is 0.182. The van der Waals surface area contributed by atoms with Gasteiger partial charge < -0.3 is 10.1 Å². The Morgan fingerprint density at radius 2 is 1.75 bits per heavy atom. The molecule has 0 heterocycles. The van der Waals surface area contributed by atoms with Crippen LogP contribution in [0.1, 0.15) is 0 Å². The molecule has 0 bridgehead atoms. The van der Waals surface area contributed by atoms with E-state index in [1.165, 1.54) is 0 Å². The minimum Gasteiger partial charge on any atom is -0.410 e. The highest BCUT2D eigenvalue weighted by Gasteiger charge is 2.11. The molecule has 0 aliphatic carbocycles. The van der Waals surface area contributed by atoms with Gasteiger partial charge in [-0.1, -0.05) is 5.16 Å². The Hall–Kier alpha value is -2.17. The van der Waals surface area contributed by atoms with Gasteiger partial charge in [-0.15, -0.1) is 0 Å². The van der Waals surface area contributed by atoms with Gasteiger partial charge in [0.15, 0.2) is 5.36 Å². The lowest BCUT2D eigenvalue weighted by molar-refractivity contribution is 0.301. The lowest BCUT2D eigenvalue weighted by atomic mass is 10.2. The number of nitrogens with zero attached hydrogens (tertiary/aromatic N) is 2. The van der Waals surface area contributed by atoms with E-state index in [0.29, 0.717) is 10.8 Å². The SMILES string of the molecule is CN(C)c1ccc2c(=O)/c(=N/O)c(=O)c2c1. The number of benzene rings is 1. The number of fused-ring (bicyclic) bond motifs is 1. The first-order chi connectivity index (χ1) is 7.56. The molecule has 2 rings (SSSR count). The number of hydrogen-bond donors (Lipinski definition) is 1. The molecule has 0 radical (unpaired) electrons. The first-order valence-corrected chi connectivity index (χ1v) is 4.69. The average Bonchev–Trinajstić information content (AvgIpc) is 2.51. The maximum absolute atomic E-state index is 11.7. The fourth-order valence-corrected chi connectivity index (χ4v) is 1.65. The molecule has 0 fully saturated rings. The maximum Gasteiger partial charge on any atom is 0.219 e. The van der Waals surface area contributed by atoms with E-state index in [9.17, 15) is 9.59 Å². The summed E-state index contributed by atoms with van der Waals surface area (Å²) in [7, 11) is 3.67. The van der Waals surface area contributed by atoms with Gasteiger partial charge in [-0.3, -0.25) is 9.59 Å². The summed E-state index contributed by atoms with van der Waals surface area (Å²) in [5.41, 5.74) is -0.224. The van der Waals surface area contributed by atoms with E-state index in [4.69, 9.17) is 5.21 Å². The van der Waals surface area contributed by atoms with Crippen LogP contribution in [0.4, 0.5) is 5.69 Å². The first kappa shape index (κ1) is 10.4. The normalized spacial score (nSPS) is 12.2. The van der Waals surface area contributed by atoms with E-state index in [-0.39, 0.29) is 0 Å². The van der Waals surface area contributed by atoms with Crippen molar-refractivity contribution in [3.05, 3.63) is 44.0 Å². The van der Waals surface area contributed by atoms with E-state index in [0.717, 1.165) is 5.69 Å². The highest BCUT2D eigenvalue weighted by molar-refractivity contribution is 5.86. The molecule has 0 saturated carbocycles. The van der Waals surface area contributed by atoms with E-state index in [1.54, 1.807) is 18.2 Å². The molecule has 82 valence electrons. The van der Waals surface area contributed by atoms with Gasteiger partial charge in [-0.05, 0) is 18.2 Å². The second-order valence-corrected chi connectivity index (χ2v) is 3.73. The van der Waals surface area contributed by atoms with E-state index in [1.807, 2.05) is 19.0 Å². The summed E-state index contributed by atoms with van der Waals surface area (Å²) in [6.07, 6.45) is 0. The smallest absolute Gasteiger partial charge is 0.219 e. The second kappa shape index (κ2) is 3.44. The fourth-order valence-electron chi connectivity index (χ4n) is 1.65. The summed E-state index contributed by atoms with van der Waals surface area (Å²) >= 11 is 0. The quantitative estimate of drug-likeness (QED) is 0.531. The molecule has 5 heteroatoms. The van der Waals surface area contributed by atoms with Crippen LogP contribution >= 0.6 is 0 Å². The molecule has 0 atom stereocenters. The van der Waals surface area contributed by atoms with Crippen molar-refractivity contribution in [3.8, 4) is 0 Å². The van der Waals surface area contributed by atoms with Crippen LogP contribution in [0.25, 0.3) is 10.8 Å². The molecular weight excluding hydrogens is 208 g/mol. The van der Waals surface area contributed by atoms with Crippen LogP contribution < -0.4 is 21.1 Å². The zero-order chi connectivity index (χ0) is 11.9. The van der Waals surface area contributed by atoms with Crippen LogP contribution in [0.15, 0.2) is 32.9 Å². The lowest BCUT2D eigenvalue weighted by Crippen LogP contribution is -2.31. The summed E-state index contributed by atoms with van der Waals surface area (Å²) < 4.78 is 0. The summed E-state index contributed by atoms with van der Waals surface area (Å²) in [6.45, 7) is 0.